The molecule has 0 N–H and O–H groups in total. The summed E-state index contributed by atoms with van der Waals surface area (Å²) >= 11 is -2.73. The Morgan fingerprint density at radius 2 is 0.913 bits per heavy atom. The van der Waals surface area contributed by atoms with E-state index in [1.807, 2.05) is 18.2 Å². The molecule has 114 valence electrons. The van der Waals surface area contributed by atoms with Crippen molar-refractivity contribution >= 4 is 26.6 Å². The van der Waals surface area contributed by atoms with Crippen LogP contribution in [0.4, 0.5) is 0 Å². The van der Waals surface area contributed by atoms with Crippen LogP contribution in [0, 0.1) is 11.3 Å². The van der Waals surface area contributed by atoms with Gasteiger partial charge < -0.3 is 17.0 Å². The largest absolute Gasteiger partial charge is 1.00 e. The predicted molar refractivity (Wildman–Crippen MR) is 94.4 cm³/mol. The summed E-state index contributed by atoms with van der Waals surface area (Å²) in [6.45, 7) is 0. The Bertz CT molecular complexity index is 670. The van der Waals surface area contributed by atoms with E-state index >= 15 is 0 Å². The van der Waals surface area contributed by atoms with Gasteiger partial charge in [-0.15, -0.1) is 0 Å². The van der Waals surface area contributed by atoms with Crippen LogP contribution in [-0.2, 0) is 0 Å². The Morgan fingerprint density at radius 1 is 0.609 bits per heavy atom. The molecular weight excluding hydrogens is 409 g/mol. The smallest absolute Gasteiger partial charge is 1.00 e. The molecule has 23 heavy (non-hydrogen) atoms. The van der Waals surface area contributed by atoms with E-state index in [4.69, 9.17) is 0 Å². The molecule has 3 aromatic carbocycles. The number of nitriles is 1. The maximum Gasteiger partial charge on any atom is -1.00 e. The van der Waals surface area contributed by atoms with Crippen molar-refractivity contribution in [3.63, 3.8) is 0 Å². The molecule has 0 fully saturated rings. The fraction of sp³-hybridized carbons (Fsp3) is 0.0500. The van der Waals surface area contributed by atoms with Crippen LogP contribution >= 0.6 is 0 Å². The van der Waals surface area contributed by atoms with Crippen LogP contribution in [0.1, 0.15) is 0 Å². The molecule has 0 bridgehead atoms. The van der Waals surface area contributed by atoms with E-state index in [1.165, 1.54) is 13.1 Å². The molecule has 3 aromatic rings. The van der Waals surface area contributed by atoms with Gasteiger partial charge in [-0.25, -0.2) is 0 Å². The third-order valence-corrected chi connectivity index (χ3v) is 12.6. The van der Waals surface area contributed by atoms with E-state index in [-0.39, 0.29) is 17.0 Å². The van der Waals surface area contributed by atoms with Crippen LogP contribution in [0.5, 0.6) is 0 Å². The first-order valence-corrected chi connectivity index (χ1v) is 11.4. The Hall–Kier alpha value is -1.81. The van der Waals surface area contributed by atoms with Gasteiger partial charge in [0.1, 0.15) is 0 Å². The molecule has 0 saturated heterocycles. The van der Waals surface area contributed by atoms with Crippen molar-refractivity contribution in [2.45, 2.75) is 5.21 Å². The van der Waals surface area contributed by atoms with Crippen LogP contribution in [0.3, 0.4) is 0 Å². The predicted octanol–water partition coefficient (Wildman–Crippen LogP) is -0.316. The summed E-state index contributed by atoms with van der Waals surface area (Å²) in [4.78, 5) is 0. The zero-order valence-corrected chi connectivity index (χ0v) is 16.1. The molecule has 0 aromatic heterocycles. The maximum atomic E-state index is 9.58. The van der Waals surface area contributed by atoms with E-state index < -0.39 is 13.6 Å². The SMILES string of the molecule is N#CC[As+](c1ccccc1)(c1ccccc1)c1ccccc1.[Br-]. The Labute approximate surface area is 150 Å². The fourth-order valence-electron chi connectivity index (χ4n) is 2.87. The second kappa shape index (κ2) is 8.16. The summed E-state index contributed by atoms with van der Waals surface area (Å²) in [5.41, 5.74) is 0. The molecule has 1 nitrogen and oxygen atoms in total. The minimum atomic E-state index is -2.73. The van der Waals surface area contributed by atoms with Crippen molar-refractivity contribution in [1.29, 1.82) is 5.26 Å². The average Bonchev–Trinajstić information content (AvgIpc) is 2.62. The number of benzene rings is 3. The molecule has 0 radical (unpaired) electrons. The van der Waals surface area contributed by atoms with E-state index in [2.05, 4.69) is 78.9 Å². The first-order valence-electron chi connectivity index (χ1n) is 7.30. The molecule has 0 unspecified atom stereocenters. The molecular formula is C20H17AsBrN. The van der Waals surface area contributed by atoms with Crippen molar-refractivity contribution in [2.75, 3.05) is 0 Å². The number of hydrogen-bond acceptors (Lipinski definition) is 1. The molecule has 0 heterocycles. The number of rotatable bonds is 4. The molecule has 3 rings (SSSR count). The van der Waals surface area contributed by atoms with Crippen molar-refractivity contribution in [2.24, 2.45) is 0 Å². The molecule has 0 amide bonds. The summed E-state index contributed by atoms with van der Waals surface area (Å²) < 4.78 is 3.96. The maximum absolute atomic E-state index is 9.58. The zero-order valence-electron chi connectivity index (χ0n) is 12.6. The normalized spacial score (nSPS) is 10.4. The third kappa shape index (κ3) is 3.42. The van der Waals surface area contributed by atoms with Gasteiger partial charge in [0.15, 0.2) is 0 Å². The van der Waals surface area contributed by atoms with Crippen LogP contribution in [0.2, 0.25) is 5.21 Å². The summed E-state index contributed by atoms with van der Waals surface area (Å²) in [5, 5.41) is 10.2. The van der Waals surface area contributed by atoms with Gasteiger partial charge in [0, 0.05) is 0 Å². The van der Waals surface area contributed by atoms with Gasteiger partial charge >= 0.3 is 134 Å². The van der Waals surface area contributed by atoms with Crippen LogP contribution in [0.25, 0.3) is 0 Å². The number of nitrogens with zero attached hydrogens (tertiary/aromatic N) is 1. The topological polar surface area (TPSA) is 23.8 Å². The molecule has 3 heteroatoms. The van der Waals surface area contributed by atoms with Crippen molar-refractivity contribution < 1.29 is 17.0 Å². The van der Waals surface area contributed by atoms with Gasteiger partial charge in [-0.2, -0.15) is 0 Å². The summed E-state index contributed by atoms with van der Waals surface area (Å²) in [6, 6.07) is 34.2. The van der Waals surface area contributed by atoms with Gasteiger partial charge in [0.05, 0.1) is 0 Å². The van der Waals surface area contributed by atoms with Crippen molar-refractivity contribution in [1.82, 2.24) is 0 Å². The Morgan fingerprint density at radius 3 is 1.17 bits per heavy atom. The standard InChI is InChI=1S/C20H17AsN.BrH/c22-17-16-21(18-10-4-1-5-11-18,19-12-6-2-7-13-19)20-14-8-3-9-15-20;/h1-15H,16H2;1H/q+1;/p-1. The third-order valence-electron chi connectivity index (χ3n) is 3.90. The zero-order chi connectivity index (χ0) is 15.3. The van der Waals surface area contributed by atoms with E-state index in [0.717, 1.165) is 0 Å². The van der Waals surface area contributed by atoms with E-state index in [0.29, 0.717) is 5.21 Å². The first kappa shape index (κ1) is 17.5. The summed E-state index contributed by atoms with van der Waals surface area (Å²) in [6.07, 6.45) is 0. The van der Waals surface area contributed by atoms with Crippen molar-refractivity contribution in [3.8, 4) is 6.07 Å². The average molecular weight is 426 g/mol. The summed E-state index contributed by atoms with van der Waals surface area (Å²) in [5.74, 6) is 0. The fourth-order valence-corrected chi connectivity index (χ4v) is 10.6. The van der Waals surface area contributed by atoms with Crippen LogP contribution in [-0.4, -0.2) is 13.6 Å². The molecule has 0 saturated carbocycles. The van der Waals surface area contributed by atoms with Crippen molar-refractivity contribution in [3.05, 3.63) is 91.0 Å². The second-order valence-corrected chi connectivity index (χ2v) is 12.4. The Balaban J connectivity index is 0.00000192. The quantitative estimate of drug-likeness (QED) is 0.526. The van der Waals surface area contributed by atoms with Gasteiger partial charge in [0.2, 0.25) is 0 Å². The molecule has 0 atom stereocenters. The van der Waals surface area contributed by atoms with Crippen LogP contribution < -0.4 is 30.0 Å². The molecule has 0 spiro atoms. The minimum absolute atomic E-state index is 0. The van der Waals surface area contributed by atoms with Crippen LogP contribution in [0.15, 0.2) is 91.0 Å². The second-order valence-electron chi connectivity index (χ2n) is 5.13. The summed E-state index contributed by atoms with van der Waals surface area (Å²) in [7, 11) is 0. The minimum Gasteiger partial charge on any atom is -1.00 e. The van der Waals surface area contributed by atoms with E-state index in [9.17, 15) is 5.26 Å². The molecule has 0 aliphatic rings. The number of halogens is 1. The van der Waals surface area contributed by atoms with Gasteiger partial charge in [0.25, 0.3) is 0 Å². The van der Waals surface area contributed by atoms with Gasteiger partial charge in [-0.1, -0.05) is 0 Å². The first-order chi connectivity index (χ1) is 10.9. The molecule has 0 aliphatic carbocycles. The van der Waals surface area contributed by atoms with Gasteiger partial charge in [-0.05, 0) is 0 Å². The number of hydrogen-bond donors (Lipinski definition) is 0. The Kier molecular flexibility index (Phi) is 6.22. The van der Waals surface area contributed by atoms with E-state index in [1.54, 1.807) is 0 Å². The van der Waals surface area contributed by atoms with Gasteiger partial charge in [-0.3, -0.25) is 0 Å². The monoisotopic (exact) mass is 425 g/mol. The molecule has 0 aliphatic heterocycles.